The Morgan fingerprint density at radius 1 is 1.07 bits per heavy atom. The fraction of sp³-hybridized carbons (Fsp3) is 0.600. The van der Waals surface area contributed by atoms with E-state index in [0.717, 1.165) is 73.6 Å². The van der Waals surface area contributed by atoms with E-state index in [4.69, 9.17) is 9.05 Å². The minimum atomic E-state index is 0.382. The van der Waals surface area contributed by atoms with Crippen molar-refractivity contribution in [1.82, 2.24) is 30.0 Å². The van der Waals surface area contributed by atoms with Crippen LogP contribution in [-0.4, -0.2) is 36.5 Å². The topological polar surface area (TPSA) is 86.0 Å². The Labute approximate surface area is 164 Å². The van der Waals surface area contributed by atoms with Gasteiger partial charge in [-0.05, 0) is 26.2 Å². The Bertz CT molecular complexity index is 883. The van der Waals surface area contributed by atoms with Gasteiger partial charge in [0.2, 0.25) is 0 Å². The number of aromatic nitrogens is 5. The maximum absolute atomic E-state index is 5.26. The first-order chi connectivity index (χ1) is 13.5. The van der Waals surface area contributed by atoms with Gasteiger partial charge in [0.05, 0.1) is 11.4 Å². The molecule has 8 nitrogen and oxygen atoms in total. The molecule has 0 aromatic carbocycles. The van der Waals surface area contributed by atoms with Gasteiger partial charge in [0.1, 0.15) is 23.2 Å². The second-order valence-electron chi connectivity index (χ2n) is 8.17. The zero-order chi connectivity index (χ0) is 19.7. The van der Waals surface area contributed by atoms with E-state index >= 15 is 0 Å². The number of nitrogens with zero attached hydrogens (tertiary/aromatic N) is 6. The first-order valence-corrected chi connectivity index (χ1v) is 9.96. The molecule has 4 rings (SSSR count). The van der Waals surface area contributed by atoms with Crippen LogP contribution in [0.3, 0.4) is 0 Å². The highest BCUT2D eigenvalue weighted by Crippen LogP contribution is 2.25. The Morgan fingerprint density at radius 2 is 1.71 bits per heavy atom. The van der Waals surface area contributed by atoms with Gasteiger partial charge in [0, 0.05) is 50.7 Å². The third-order valence-corrected chi connectivity index (χ3v) is 5.23. The van der Waals surface area contributed by atoms with Crippen molar-refractivity contribution < 1.29 is 9.05 Å². The van der Waals surface area contributed by atoms with Crippen molar-refractivity contribution in [1.29, 1.82) is 0 Å². The second-order valence-corrected chi connectivity index (χ2v) is 8.17. The molecule has 150 valence electrons. The smallest absolute Gasteiger partial charge is 0.135 e. The Balaban J connectivity index is 1.49. The van der Waals surface area contributed by atoms with Gasteiger partial charge in [-0.25, -0.2) is 0 Å². The summed E-state index contributed by atoms with van der Waals surface area (Å²) >= 11 is 0. The average molecular weight is 384 g/mol. The lowest BCUT2D eigenvalue weighted by Crippen LogP contribution is -2.34. The predicted molar refractivity (Wildman–Crippen MR) is 103 cm³/mol. The summed E-state index contributed by atoms with van der Waals surface area (Å²) in [7, 11) is 0. The van der Waals surface area contributed by atoms with Gasteiger partial charge in [0.15, 0.2) is 0 Å². The monoisotopic (exact) mass is 384 g/mol. The van der Waals surface area contributed by atoms with Crippen LogP contribution in [0.25, 0.3) is 0 Å². The first kappa shape index (κ1) is 18.9. The predicted octanol–water partition coefficient (Wildman–Crippen LogP) is 3.26. The summed E-state index contributed by atoms with van der Waals surface area (Å²) in [5, 5.41) is 17.1. The summed E-state index contributed by atoms with van der Waals surface area (Å²) < 4.78 is 12.8. The number of aryl methyl sites for hydroxylation is 3. The average Bonchev–Trinajstić information content (AvgIpc) is 3.35. The maximum Gasteiger partial charge on any atom is 0.135 e. The fourth-order valence-electron chi connectivity index (χ4n) is 3.99. The summed E-state index contributed by atoms with van der Waals surface area (Å²) in [4.78, 5) is 2.38. The summed E-state index contributed by atoms with van der Waals surface area (Å²) in [5.41, 5.74) is 1.89. The molecule has 0 N–H and O–H groups in total. The molecule has 0 radical (unpaired) electrons. The highest BCUT2D eigenvalue weighted by Gasteiger charge is 2.26. The van der Waals surface area contributed by atoms with E-state index in [1.807, 2.05) is 26.0 Å². The van der Waals surface area contributed by atoms with E-state index in [9.17, 15) is 0 Å². The highest BCUT2D eigenvalue weighted by atomic mass is 16.5. The molecule has 28 heavy (non-hydrogen) atoms. The third-order valence-electron chi connectivity index (χ3n) is 5.23. The van der Waals surface area contributed by atoms with Crippen molar-refractivity contribution in [3.05, 3.63) is 46.7 Å². The normalized spacial score (nSPS) is 16.9. The molecule has 0 saturated heterocycles. The molecular weight excluding hydrogens is 356 g/mol. The molecular formula is C20H28N6O2. The van der Waals surface area contributed by atoms with Gasteiger partial charge >= 0.3 is 0 Å². The number of hydrogen-bond acceptors (Lipinski definition) is 7. The minimum absolute atomic E-state index is 0.382. The molecule has 1 unspecified atom stereocenters. The molecule has 4 heterocycles. The molecule has 0 aliphatic carbocycles. The van der Waals surface area contributed by atoms with Gasteiger partial charge in [-0.2, -0.15) is 0 Å². The highest BCUT2D eigenvalue weighted by molar-refractivity contribution is 5.07. The SMILES string of the molecule is Cc1cc(CN(Cc2cc(C)on2)CC2CCc3nnc(C(C)C)n3C2)no1. The second kappa shape index (κ2) is 7.87. The molecule has 3 aromatic rings. The van der Waals surface area contributed by atoms with Crippen molar-refractivity contribution in [3.63, 3.8) is 0 Å². The Kier molecular flexibility index (Phi) is 5.30. The lowest BCUT2D eigenvalue weighted by molar-refractivity contribution is 0.178. The van der Waals surface area contributed by atoms with Gasteiger partial charge in [-0.15, -0.1) is 10.2 Å². The molecule has 0 saturated carbocycles. The summed E-state index contributed by atoms with van der Waals surface area (Å²) in [6.45, 7) is 11.6. The van der Waals surface area contributed by atoms with Crippen LogP contribution in [0.15, 0.2) is 21.2 Å². The van der Waals surface area contributed by atoms with Crippen LogP contribution in [0.1, 0.15) is 60.7 Å². The summed E-state index contributed by atoms with van der Waals surface area (Å²) in [6, 6.07) is 3.99. The van der Waals surface area contributed by atoms with Crippen LogP contribution >= 0.6 is 0 Å². The molecule has 0 spiro atoms. The van der Waals surface area contributed by atoms with E-state index in [1.54, 1.807) is 0 Å². The molecule has 8 heteroatoms. The van der Waals surface area contributed by atoms with Crippen LogP contribution in [0.5, 0.6) is 0 Å². The largest absolute Gasteiger partial charge is 0.361 e. The number of fused-ring (bicyclic) bond motifs is 1. The molecule has 3 aromatic heterocycles. The van der Waals surface area contributed by atoms with Gasteiger partial charge < -0.3 is 13.6 Å². The zero-order valence-corrected chi connectivity index (χ0v) is 17.1. The lowest BCUT2D eigenvalue weighted by Gasteiger charge is -2.30. The Hall–Kier alpha value is -2.48. The maximum atomic E-state index is 5.26. The van der Waals surface area contributed by atoms with Gasteiger partial charge in [0.25, 0.3) is 0 Å². The molecule has 0 bridgehead atoms. The van der Waals surface area contributed by atoms with Crippen molar-refractivity contribution in [2.45, 2.75) is 66.1 Å². The van der Waals surface area contributed by atoms with Gasteiger partial charge in [-0.3, -0.25) is 4.90 Å². The van der Waals surface area contributed by atoms with E-state index < -0.39 is 0 Å². The van der Waals surface area contributed by atoms with Crippen molar-refractivity contribution >= 4 is 0 Å². The quantitative estimate of drug-likeness (QED) is 0.618. The van der Waals surface area contributed by atoms with Crippen molar-refractivity contribution in [2.24, 2.45) is 5.92 Å². The summed E-state index contributed by atoms with van der Waals surface area (Å²) in [6.07, 6.45) is 2.09. The summed E-state index contributed by atoms with van der Waals surface area (Å²) in [5.74, 6) is 4.78. The molecule has 1 atom stereocenters. The molecule has 0 amide bonds. The van der Waals surface area contributed by atoms with E-state index in [2.05, 4.69) is 43.8 Å². The number of hydrogen-bond donors (Lipinski definition) is 0. The minimum Gasteiger partial charge on any atom is -0.361 e. The Morgan fingerprint density at radius 3 is 2.25 bits per heavy atom. The lowest BCUT2D eigenvalue weighted by atomic mass is 9.97. The molecule has 1 aliphatic rings. The van der Waals surface area contributed by atoms with Crippen LogP contribution in [0.2, 0.25) is 0 Å². The van der Waals surface area contributed by atoms with Gasteiger partial charge in [-0.1, -0.05) is 24.2 Å². The van der Waals surface area contributed by atoms with Crippen molar-refractivity contribution in [3.8, 4) is 0 Å². The van der Waals surface area contributed by atoms with Crippen LogP contribution in [-0.2, 0) is 26.1 Å². The van der Waals surface area contributed by atoms with Crippen molar-refractivity contribution in [2.75, 3.05) is 6.54 Å². The third kappa shape index (κ3) is 4.16. The number of rotatable bonds is 7. The fourth-order valence-corrected chi connectivity index (χ4v) is 3.99. The van der Waals surface area contributed by atoms with Crippen LogP contribution < -0.4 is 0 Å². The van der Waals surface area contributed by atoms with E-state index in [-0.39, 0.29) is 0 Å². The first-order valence-electron chi connectivity index (χ1n) is 9.96. The van der Waals surface area contributed by atoms with E-state index in [1.165, 1.54) is 0 Å². The molecule has 1 aliphatic heterocycles. The van der Waals surface area contributed by atoms with E-state index in [0.29, 0.717) is 11.8 Å². The van der Waals surface area contributed by atoms with Crippen LogP contribution in [0, 0.1) is 19.8 Å². The zero-order valence-electron chi connectivity index (χ0n) is 17.1. The standard InChI is InChI=1S/C20H28N6O2/c1-13(2)20-22-21-19-6-5-16(10-26(19)20)9-25(11-17-7-14(3)27-23-17)12-18-8-15(4)28-24-18/h7-8,13,16H,5-6,9-12H2,1-4H3. The molecule has 0 fully saturated rings. The van der Waals surface area contributed by atoms with Crippen LogP contribution in [0.4, 0.5) is 0 Å².